The van der Waals surface area contributed by atoms with Gasteiger partial charge in [0.1, 0.15) is 16.4 Å². The average Bonchev–Trinajstić information content (AvgIpc) is 2.91. The number of hydrogen-bond acceptors (Lipinski definition) is 5. The predicted molar refractivity (Wildman–Crippen MR) is 83.6 cm³/mol. The fourth-order valence-corrected chi connectivity index (χ4v) is 3.23. The first-order valence-electron chi connectivity index (χ1n) is 6.59. The smallest absolute Gasteiger partial charge is 0.349 e. The normalized spacial score (nSPS) is 18.5. The minimum Gasteiger partial charge on any atom is -0.511 e. The highest BCUT2D eigenvalue weighted by Gasteiger charge is 2.32. The summed E-state index contributed by atoms with van der Waals surface area (Å²) in [4.78, 5) is 13.0. The van der Waals surface area contributed by atoms with Gasteiger partial charge in [-0.1, -0.05) is 35.5 Å². The van der Waals surface area contributed by atoms with Gasteiger partial charge in [-0.25, -0.2) is 4.79 Å². The molecule has 7 heteroatoms. The van der Waals surface area contributed by atoms with Crippen LogP contribution in [0.4, 0.5) is 0 Å². The molecule has 1 atom stereocenters. The Bertz CT molecular complexity index is 757. The number of aryl methyl sites for hydroxylation is 1. The molecule has 5 nitrogen and oxygen atoms in total. The monoisotopic (exact) mass is 336 g/mol. The summed E-state index contributed by atoms with van der Waals surface area (Å²) < 4.78 is 7.01. The standard InChI is InChI=1S/C15H13ClN2O3S/c1-18-7-6-10(17-18)12-8-11(19)14(15(20)21-12)22-13-5-3-2-4-9(13)16/h2-7,12,19H,8H2,1H3. The predicted octanol–water partition coefficient (Wildman–Crippen LogP) is 3.62. The van der Waals surface area contributed by atoms with Gasteiger partial charge in [0.25, 0.3) is 0 Å². The minimum atomic E-state index is -0.565. The second kappa shape index (κ2) is 6.06. The molecule has 0 fully saturated rings. The number of carbonyl (C=O) groups excluding carboxylic acids is 1. The molecule has 0 saturated carbocycles. The Kier molecular flexibility index (Phi) is 4.13. The molecule has 0 spiro atoms. The van der Waals surface area contributed by atoms with Crippen molar-refractivity contribution in [1.82, 2.24) is 9.78 Å². The number of cyclic esters (lactones) is 1. The van der Waals surface area contributed by atoms with Crippen molar-refractivity contribution >= 4 is 29.3 Å². The zero-order valence-electron chi connectivity index (χ0n) is 11.7. The molecular formula is C15H13ClN2O3S. The van der Waals surface area contributed by atoms with Crippen LogP contribution < -0.4 is 0 Å². The van der Waals surface area contributed by atoms with E-state index in [1.54, 1.807) is 42.2 Å². The molecule has 0 amide bonds. The third-order valence-corrected chi connectivity index (χ3v) is 4.81. The van der Waals surface area contributed by atoms with Crippen LogP contribution in [0.5, 0.6) is 0 Å². The maximum Gasteiger partial charge on any atom is 0.349 e. The summed E-state index contributed by atoms with van der Waals surface area (Å²) in [5.74, 6) is -0.568. The molecule has 2 aromatic rings. The van der Waals surface area contributed by atoms with E-state index in [2.05, 4.69) is 5.10 Å². The average molecular weight is 337 g/mol. The number of aliphatic hydroxyl groups is 1. The molecule has 1 unspecified atom stereocenters. The van der Waals surface area contributed by atoms with Crippen LogP contribution in [-0.2, 0) is 16.6 Å². The SMILES string of the molecule is Cn1ccc(C2CC(O)=C(Sc3ccccc3Cl)C(=O)O2)n1. The number of ether oxygens (including phenoxy) is 1. The lowest BCUT2D eigenvalue weighted by atomic mass is 10.1. The number of benzene rings is 1. The van der Waals surface area contributed by atoms with E-state index in [9.17, 15) is 9.90 Å². The van der Waals surface area contributed by atoms with Crippen molar-refractivity contribution in [2.75, 3.05) is 0 Å². The molecule has 1 N–H and O–H groups in total. The number of nitrogens with zero attached hydrogens (tertiary/aromatic N) is 2. The largest absolute Gasteiger partial charge is 0.511 e. The lowest BCUT2D eigenvalue weighted by Crippen LogP contribution is -2.20. The van der Waals surface area contributed by atoms with Crippen LogP contribution in [0.1, 0.15) is 18.2 Å². The van der Waals surface area contributed by atoms with Crippen molar-refractivity contribution in [2.45, 2.75) is 17.4 Å². The van der Waals surface area contributed by atoms with Gasteiger partial charge in [-0.3, -0.25) is 4.68 Å². The van der Waals surface area contributed by atoms with E-state index in [1.807, 2.05) is 6.07 Å². The van der Waals surface area contributed by atoms with Crippen molar-refractivity contribution in [3.8, 4) is 0 Å². The molecule has 114 valence electrons. The van der Waals surface area contributed by atoms with Crippen LogP contribution in [0, 0.1) is 0 Å². The molecule has 1 aromatic carbocycles. The number of rotatable bonds is 3. The number of esters is 1. The lowest BCUT2D eigenvalue weighted by molar-refractivity contribution is -0.146. The van der Waals surface area contributed by atoms with Crippen molar-refractivity contribution in [1.29, 1.82) is 0 Å². The Hall–Kier alpha value is -1.92. The van der Waals surface area contributed by atoms with Gasteiger partial charge in [0, 0.05) is 24.6 Å². The number of halogens is 1. The van der Waals surface area contributed by atoms with Crippen LogP contribution in [0.15, 0.2) is 52.1 Å². The highest BCUT2D eigenvalue weighted by molar-refractivity contribution is 8.04. The summed E-state index contributed by atoms with van der Waals surface area (Å²) in [5, 5.41) is 14.9. The molecule has 0 saturated heterocycles. The van der Waals surface area contributed by atoms with Crippen molar-refractivity contribution in [3.63, 3.8) is 0 Å². The van der Waals surface area contributed by atoms with Crippen LogP contribution in [0.3, 0.4) is 0 Å². The highest BCUT2D eigenvalue weighted by atomic mass is 35.5. The fourth-order valence-electron chi connectivity index (χ4n) is 2.12. The number of aliphatic hydroxyl groups excluding tert-OH is 1. The summed E-state index contributed by atoms with van der Waals surface area (Å²) in [7, 11) is 1.78. The third-order valence-electron chi connectivity index (χ3n) is 3.19. The second-order valence-corrected chi connectivity index (χ2v) is 6.28. The zero-order chi connectivity index (χ0) is 15.7. The van der Waals surface area contributed by atoms with Gasteiger partial charge in [-0.2, -0.15) is 5.10 Å². The van der Waals surface area contributed by atoms with Crippen molar-refractivity contribution in [2.24, 2.45) is 7.05 Å². The highest BCUT2D eigenvalue weighted by Crippen LogP contribution is 2.40. The molecule has 22 heavy (non-hydrogen) atoms. The van der Waals surface area contributed by atoms with Gasteiger partial charge >= 0.3 is 5.97 Å². The van der Waals surface area contributed by atoms with E-state index in [4.69, 9.17) is 16.3 Å². The van der Waals surface area contributed by atoms with Gasteiger partial charge in [0.2, 0.25) is 0 Å². The van der Waals surface area contributed by atoms with E-state index in [-0.39, 0.29) is 17.1 Å². The summed E-state index contributed by atoms with van der Waals surface area (Å²) >= 11 is 7.18. The molecule has 0 aliphatic carbocycles. The molecular weight excluding hydrogens is 324 g/mol. The summed E-state index contributed by atoms with van der Waals surface area (Å²) in [5.41, 5.74) is 0.615. The maximum absolute atomic E-state index is 12.2. The fraction of sp³-hybridized carbons (Fsp3) is 0.200. The Balaban J connectivity index is 1.84. The van der Waals surface area contributed by atoms with E-state index in [0.717, 1.165) is 11.8 Å². The first-order chi connectivity index (χ1) is 10.5. The summed E-state index contributed by atoms with van der Waals surface area (Å²) in [6.07, 6.45) is 1.40. The number of hydrogen-bond donors (Lipinski definition) is 1. The Morgan fingerprint density at radius 1 is 1.41 bits per heavy atom. The summed E-state index contributed by atoms with van der Waals surface area (Å²) in [6.45, 7) is 0. The van der Waals surface area contributed by atoms with E-state index < -0.39 is 12.1 Å². The molecule has 1 aliphatic rings. The van der Waals surface area contributed by atoms with Gasteiger partial charge in [0.15, 0.2) is 6.10 Å². The van der Waals surface area contributed by atoms with Crippen molar-refractivity contribution in [3.05, 3.63) is 57.9 Å². The first kappa shape index (κ1) is 15.0. The molecule has 0 bridgehead atoms. The topological polar surface area (TPSA) is 64.4 Å². The van der Waals surface area contributed by atoms with Crippen LogP contribution in [0.2, 0.25) is 5.02 Å². The number of carbonyl (C=O) groups is 1. The molecule has 1 aliphatic heterocycles. The Labute approximate surface area is 136 Å². The van der Waals surface area contributed by atoms with E-state index in [0.29, 0.717) is 15.6 Å². The van der Waals surface area contributed by atoms with Crippen LogP contribution >= 0.6 is 23.4 Å². The second-order valence-electron chi connectivity index (χ2n) is 4.82. The lowest BCUT2D eigenvalue weighted by Gasteiger charge is -2.23. The maximum atomic E-state index is 12.2. The first-order valence-corrected chi connectivity index (χ1v) is 7.79. The quantitative estimate of drug-likeness (QED) is 0.867. The zero-order valence-corrected chi connectivity index (χ0v) is 13.3. The Morgan fingerprint density at radius 2 is 2.18 bits per heavy atom. The van der Waals surface area contributed by atoms with Gasteiger partial charge in [-0.05, 0) is 18.2 Å². The van der Waals surface area contributed by atoms with Gasteiger partial charge in [0.05, 0.1) is 5.02 Å². The number of thioether (sulfide) groups is 1. The van der Waals surface area contributed by atoms with Crippen LogP contribution in [-0.4, -0.2) is 20.9 Å². The molecule has 1 aromatic heterocycles. The minimum absolute atomic E-state index is 0.00294. The Morgan fingerprint density at radius 3 is 2.82 bits per heavy atom. The number of aromatic nitrogens is 2. The third kappa shape index (κ3) is 2.98. The van der Waals surface area contributed by atoms with E-state index in [1.165, 1.54) is 0 Å². The molecule has 2 heterocycles. The van der Waals surface area contributed by atoms with Gasteiger partial charge in [-0.15, -0.1) is 0 Å². The molecule has 0 radical (unpaired) electrons. The van der Waals surface area contributed by atoms with Gasteiger partial charge < -0.3 is 9.84 Å². The summed E-state index contributed by atoms with van der Waals surface area (Å²) in [6, 6.07) is 8.89. The molecule has 3 rings (SSSR count). The van der Waals surface area contributed by atoms with Crippen molar-refractivity contribution < 1.29 is 14.6 Å². The van der Waals surface area contributed by atoms with E-state index >= 15 is 0 Å². The van der Waals surface area contributed by atoms with Crippen LogP contribution in [0.25, 0.3) is 0 Å².